The maximum absolute atomic E-state index is 12.5. The van der Waals surface area contributed by atoms with Crippen LogP contribution >= 0.6 is 38.5 Å². The van der Waals surface area contributed by atoms with E-state index in [9.17, 15) is 9.59 Å². The lowest BCUT2D eigenvalue weighted by atomic mass is 10.1. The zero-order valence-electron chi connectivity index (χ0n) is 9.94. The van der Waals surface area contributed by atoms with Crippen LogP contribution in [0.25, 0.3) is 0 Å². The van der Waals surface area contributed by atoms with Gasteiger partial charge in [-0.25, -0.2) is 0 Å². The average molecular weight is 439 g/mol. The first kappa shape index (κ1) is 14.7. The molecule has 2 rings (SSSR count). The lowest BCUT2D eigenvalue weighted by Crippen LogP contribution is -2.54. The number of carbonyl (C=O) groups is 2. The Bertz CT molecular complexity index is 524. The van der Waals surface area contributed by atoms with Crippen LogP contribution in [0.3, 0.4) is 0 Å². The molecule has 0 aromatic heterocycles. The number of hydrogen-bond donors (Lipinski definition) is 1. The summed E-state index contributed by atoms with van der Waals surface area (Å²) in [4.78, 5) is 25.4. The molecule has 1 aromatic carbocycles. The molecule has 0 spiro atoms. The first-order valence-corrected chi connectivity index (χ1v) is 7.51. The molecule has 1 saturated heterocycles. The van der Waals surface area contributed by atoms with Gasteiger partial charge in [-0.15, -0.1) is 0 Å². The van der Waals surface area contributed by atoms with Crippen molar-refractivity contribution >= 4 is 50.3 Å². The van der Waals surface area contributed by atoms with Crippen LogP contribution in [0.2, 0.25) is 0 Å². The second-order valence-corrected chi connectivity index (χ2v) is 6.19. The van der Waals surface area contributed by atoms with Gasteiger partial charge < -0.3 is 15.4 Å². The van der Waals surface area contributed by atoms with Crippen LogP contribution in [0.15, 0.2) is 22.7 Å². The van der Waals surface area contributed by atoms with Crippen molar-refractivity contribution in [3.63, 3.8) is 0 Å². The first-order valence-electron chi connectivity index (χ1n) is 5.64. The molecule has 0 radical (unpaired) electrons. The van der Waals surface area contributed by atoms with E-state index in [1.165, 1.54) is 4.90 Å². The molecule has 1 aliphatic rings. The van der Waals surface area contributed by atoms with Crippen LogP contribution in [-0.2, 0) is 9.53 Å². The summed E-state index contributed by atoms with van der Waals surface area (Å²) < 4.78 is 6.86. The summed E-state index contributed by atoms with van der Waals surface area (Å²) >= 11 is 5.44. The lowest BCUT2D eigenvalue weighted by Gasteiger charge is -2.33. The van der Waals surface area contributed by atoms with Gasteiger partial charge in [-0.1, -0.05) is 15.9 Å². The van der Waals surface area contributed by atoms with Crippen molar-refractivity contribution < 1.29 is 14.3 Å². The number of carbonyl (C=O) groups excluding carboxylic acids is 2. The molecule has 5 nitrogen and oxygen atoms in total. The summed E-state index contributed by atoms with van der Waals surface area (Å²) in [5.41, 5.74) is 5.88. The monoisotopic (exact) mass is 438 g/mol. The van der Waals surface area contributed by atoms with Gasteiger partial charge in [0.2, 0.25) is 5.91 Å². The van der Waals surface area contributed by atoms with Crippen molar-refractivity contribution in [2.75, 3.05) is 19.8 Å². The van der Waals surface area contributed by atoms with E-state index in [1.807, 2.05) is 12.1 Å². The number of nitrogens with two attached hydrogens (primary N) is 1. The Morgan fingerprint density at radius 1 is 1.47 bits per heavy atom. The fourth-order valence-corrected chi connectivity index (χ4v) is 2.83. The number of benzene rings is 1. The molecule has 1 unspecified atom stereocenters. The zero-order chi connectivity index (χ0) is 14.0. The molecule has 102 valence electrons. The highest BCUT2D eigenvalue weighted by Crippen LogP contribution is 2.21. The van der Waals surface area contributed by atoms with Gasteiger partial charge in [0.05, 0.1) is 18.8 Å². The third-order valence-corrected chi connectivity index (χ3v) is 4.31. The van der Waals surface area contributed by atoms with E-state index in [2.05, 4.69) is 38.5 Å². The van der Waals surface area contributed by atoms with E-state index < -0.39 is 11.9 Å². The molecule has 1 aliphatic heterocycles. The molecule has 1 atom stereocenters. The minimum Gasteiger partial charge on any atom is -0.377 e. The number of ether oxygens (including phenoxy) is 1. The van der Waals surface area contributed by atoms with Crippen molar-refractivity contribution in [1.29, 1.82) is 0 Å². The summed E-state index contributed by atoms with van der Waals surface area (Å²) in [6.07, 6.45) is 0. The summed E-state index contributed by atoms with van der Waals surface area (Å²) in [5.74, 6) is -0.740. The van der Waals surface area contributed by atoms with Crippen LogP contribution in [0.1, 0.15) is 10.4 Å². The molecule has 0 saturated carbocycles. The van der Waals surface area contributed by atoms with Crippen molar-refractivity contribution in [3.8, 4) is 0 Å². The Kier molecular flexibility index (Phi) is 4.80. The molecule has 0 aliphatic carbocycles. The highest BCUT2D eigenvalue weighted by atomic mass is 127. The molecule has 7 heteroatoms. The van der Waals surface area contributed by atoms with E-state index in [0.717, 1.165) is 8.04 Å². The number of nitrogens with zero attached hydrogens (tertiary/aromatic N) is 1. The van der Waals surface area contributed by atoms with Crippen molar-refractivity contribution in [3.05, 3.63) is 31.8 Å². The van der Waals surface area contributed by atoms with Crippen LogP contribution < -0.4 is 5.73 Å². The van der Waals surface area contributed by atoms with Gasteiger partial charge in [0.25, 0.3) is 5.91 Å². The Balaban J connectivity index is 2.31. The van der Waals surface area contributed by atoms with Crippen LogP contribution in [-0.4, -0.2) is 42.5 Å². The van der Waals surface area contributed by atoms with Crippen molar-refractivity contribution in [1.82, 2.24) is 4.90 Å². The number of primary amides is 1. The van der Waals surface area contributed by atoms with Crippen molar-refractivity contribution in [2.45, 2.75) is 6.04 Å². The SMILES string of the molecule is NC(=O)C1COCCN1C(=O)c1cc(Br)ccc1I. The number of morpholine rings is 1. The first-order chi connectivity index (χ1) is 9.00. The molecule has 2 N–H and O–H groups in total. The third kappa shape index (κ3) is 3.26. The summed E-state index contributed by atoms with van der Waals surface area (Å²) in [6, 6.07) is 4.76. The average Bonchev–Trinajstić information content (AvgIpc) is 2.40. The normalized spacial score (nSPS) is 19.3. The fourth-order valence-electron chi connectivity index (χ4n) is 1.90. The maximum atomic E-state index is 12.5. The molecule has 2 amide bonds. The lowest BCUT2D eigenvalue weighted by molar-refractivity contribution is -0.127. The minimum absolute atomic E-state index is 0.158. The molecular weight excluding hydrogens is 427 g/mol. The summed E-state index contributed by atoms with van der Waals surface area (Å²) in [5, 5.41) is 0. The van der Waals surface area contributed by atoms with Gasteiger partial charge in [-0.2, -0.15) is 0 Å². The van der Waals surface area contributed by atoms with Gasteiger partial charge >= 0.3 is 0 Å². The minimum atomic E-state index is -0.698. The largest absolute Gasteiger partial charge is 0.377 e. The Labute approximate surface area is 132 Å². The highest BCUT2D eigenvalue weighted by molar-refractivity contribution is 14.1. The predicted molar refractivity (Wildman–Crippen MR) is 81.7 cm³/mol. The number of halogens is 2. The molecule has 1 heterocycles. The summed E-state index contributed by atoms with van der Waals surface area (Å²) in [7, 11) is 0. The van der Waals surface area contributed by atoms with E-state index in [-0.39, 0.29) is 12.5 Å². The zero-order valence-corrected chi connectivity index (χ0v) is 13.7. The molecule has 1 fully saturated rings. The van der Waals surface area contributed by atoms with E-state index in [0.29, 0.717) is 18.7 Å². The van der Waals surface area contributed by atoms with E-state index in [1.54, 1.807) is 6.07 Å². The molecule has 0 bridgehead atoms. The smallest absolute Gasteiger partial charge is 0.255 e. The Hall–Kier alpha value is -0.670. The third-order valence-electron chi connectivity index (χ3n) is 2.88. The number of amides is 2. The highest BCUT2D eigenvalue weighted by Gasteiger charge is 2.32. The van der Waals surface area contributed by atoms with Gasteiger partial charge in [0.1, 0.15) is 6.04 Å². The van der Waals surface area contributed by atoms with Gasteiger partial charge in [0, 0.05) is 14.6 Å². The topological polar surface area (TPSA) is 72.6 Å². The maximum Gasteiger partial charge on any atom is 0.255 e. The second-order valence-electron chi connectivity index (χ2n) is 4.12. The van der Waals surface area contributed by atoms with Crippen LogP contribution in [0.5, 0.6) is 0 Å². The fraction of sp³-hybridized carbons (Fsp3) is 0.333. The Morgan fingerprint density at radius 3 is 2.89 bits per heavy atom. The van der Waals surface area contributed by atoms with Crippen LogP contribution in [0.4, 0.5) is 0 Å². The molecular formula is C12H12BrIN2O3. The van der Waals surface area contributed by atoms with Crippen LogP contribution in [0, 0.1) is 3.57 Å². The molecule has 19 heavy (non-hydrogen) atoms. The number of rotatable bonds is 2. The Morgan fingerprint density at radius 2 is 2.21 bits per heavy atom. The standard InChI is InChI=1S/C12H12BrIN2O3/c13-7-1-2-9(14)8(5-7)12(18)16-3-4-19-6-10(16)11(15)17/h1-2,5,10H,3-4,6H2,(H2,15,17). The van der Waals surface area contributed by atoms with Gasteiger partial charge in [0.15, 0.2) is 0 Å². The molecule has 1 aromatic rings. The van der Waals surface area contributed by atoms with Gasteiger partial charge in [-0.3, -0.25) is 9.59 Å². The van der Waals surface area contributed by atoms with E-state index in [4.69, 9.17) is 10.5 Å². The number of hydrogen-bond acceptors (Lipinski definition) is 3. The second kappa shape index (κ2) is 6.19. The van der Waals surface area contributed by atoms with Gasteiger partial charge in [-0.05, 0) is 40.8 Å². The van der Waals surface area contributed by atoms with Crippen molar-refractivity contribution in [2.24, 2.45) is 5.73 Å². The predicted octanol–water partition coefficient (Wildman–Crippen LogP) is 1.38. The van der Waals surface area contributed by atoms with E-state index >= 15 is 0 Å². The summed E-state index contributed by atoms with van der Waals surface area (Å²) in [6.45, 7) is 0.945. The quantitative estimate of drug-likeness (QED) is 0.709.